The maximum atomic E-state index is 14.1. The summed E-state index contributed by atoms with van der Waals surface area (Å²) < 4.78 is 14.1. The van der Waals surface area contributed by atoms with Crippen LogP contribution in [0.1, 0.15) is 69.6 Å². The van der Waals surface area contributed by atoms with Crippen LogP contribution in [0.25, 0.3) is 0 Å². The zero-order valence-electron chi connectivity index (χ0n) is 13.1. The van der Waals surface area contributed by atoms with Crippen molar-refractivity contribution in [2.45, 2.75) is 64.9 Å². The number of hydrogen-bond donors (Lipinski definition) is 1. The van der Waals surface area contributed by atoms with E-state index in [0.29, 0.717) is 0 Å². The van der Waals surface area contributed by atoms with E-state index in [-0.39, 0.29) is 11.7 Å². The van der Waals surface area contributed by atoms with Gasteiger partial charge in [0.15, 0.2) is 0 Å². The molecule has 1 aliphatic rings. The first-order valence-corrected chi connectivity index (χ1v) is 8.28. The summed E-state index contributed by atoms with van der Waals surface area (Å²) in [5, 5.41) is 9.30. The minimum absolute atomic E-state index is 0.182. The van der Waals surface area contributed by atoms with Crippen LogP contribution in [0.5, 0.6) is 0 Å². The Hall–Kier alpha value is -0.930. The van der Waals surface area contributed by atoms with E-state index >= 15 is 0 Å². The molecular weight excluding hydrogens is 267 g/mol. The topological polar surface area (TPSA) is 29.5 Å². The van der Waals surface area contributed by atoms with Gasteiger partial charge in [0.1, 0.15) is 11.9 Å². The van der Waals surface area contributed by atoms with E-state index < -0.39 is 6.10 Å². The third-order valence-electron chi connectivity index (χ3n) is 4.94. The lowest BCUT2D eigenvalue weighted by Crippen LogP contribution is -2.22. The number of rotatable bonds is 6. The standard InChI is InChI=1S/C18H27FO2/c1-3-5-14-10-11-16(12-17(14)19)18(21-20)15-8-6-13(4-2)7-9-15/h10-13,15,18,20H,3-9H2,1-2H3. The van der Waals surface area contributed by atoms with Crippen LogP contribution < -0.4 is 0 Å². The van der Waals surface area contributed by atoms with Gasteiger partial charge in [0, 0.05) is 0 Å². The Morgan fingerprint density at radius 1 is 1.24 bits per heavy atom. The molecule has 0 radical (unpaired) electrons. The first-order valence-electron chi connectivity index (χ1n) is 8.28. The van der Waals surface area contributed by atoms with Gasteiger partial charge in [0.2, 0.25) is 0 Å². The van der Waals surface area contributed by atoms with E-state index in [1.807, 2.05) is 19.1 Å². The minimum atomic E-state index is -0.395. The zero-order chi connectivity index (χ0) is 15.2. The largest absolute Gasteiger partial charge is 0.251 e. The van der Waals surface area contributed by atoms with Gasteiger partial charge in [-0.25, -0.2) is 9.28 Å². The molecule has 0 bridgehead atoms. The smallest absolute Gasteiger partial charge is 0.126 e. The molecule has 1 aromatic rings. The Kier molecular flexibility index (Phi) is 6.19. The fourth-order valence-electron chi connectivity index (χ4n) is 3.53. The Morgan fingerprint density at radius 3 is 2.48 bits per heavy atom. The van der Waals surface area contributed by atoms with Crippen LogP contribution in [-0.2, 0) is 11.3 Å². The van der Waals surface area contributed by atoms with Crippen LogP contribution in [0.3, 0.4) is 0 Å². The van der Waals surface area contributed by atoms with Crippen molar-refractivity contribution in [2.75, 3.05) is 0 Å². The van der Waals surface area contributed by atoms with Gasteiger partial charge in [-0.05, 0) is 48.3 Å². The Bertz CT molecular complexity index is 439. The molecule has 21 heavy (non-hydrogen) atoms. The van der Waals surface area contributed by atoms with E-state index in [1.54, 1.807) is 0 Å². The highest BCUT2D eigenvalue weighted by Gasteiger charge is 2.29. The van der Waals surface area contributed by atoms with E-state index in [9.17, 15) is 9.65 Å². The minimum Gasteiger partial charge on any atom is -0.251 e. The zero-order valence-corrected chi connectivity index (χ0v) is 13.1. The molecule has 0 aliphatic heterocycles. The second-order valence-electron chi connectivity index (χ2n) is 6.32. The molecule has 0 saturated heterocycles. The quantitative estimate of drug-likeness (QED) is 0.552. The summed E-state index contributed by atoms with van der Waals surface area (Å²) in [5.74, 6) is 0.900. The second-order valence-corrected chi connectivity index (χ2v) is 6.32. The van der Waals surface area contributed by atoms with Gasteiger partial charge in [-0.1, -0.05) is 51.7 Å². The molecule has 0 aromatic heterocycles. The molecule has 0 amide bonds. The molecule has 0 heterocycles. The predicted octanol–water partition coefficient (Wildman–Crippen LogP) is 5.53. The lowest BCUT2D eigenvalue weighted by atomic mass is 9.77. The third-order valence-corrected chi connectivity index (χ3v) is 4.94. The summed E-state index contributed by atoms with van der Waals surface area (Å²) >= 11 is 0. The van der Waals surface area contributed by atoms with Crippen molar-refractivity contribution in [2.24, 2.45) is 11.8 Å². The average Bonchev–Trinajstić information content (AvgIpc) is 2.51. The Labute approximate surface area is 127 Å². The average molecular weight is 294 g/mol. The van der Waals surface area contributed by atoms with Gasteiger partial charge in [-0.3, -0.25) is 5.26 Å². The lowest BCUT2D eigenvalue weighted by molar-refractivity contribution is -0.296. The number of hydrogen-bond acceptors (Lipinski definition) is 2. The third kappa shape index (κ3) is 4.04. The van der Waals surface area contributed by atoms with Crippen molar-refractivity contribution in [1.29, 1.82) is 0 Å². The highest BCUT2D eigenvalue weighted by Crippen LogP contribution is 2.39. The van der Waals surface area contributed by atoms with Crippen molar-refractivity contribution in [3.63, 3.8) is 0 Å². The molecule has 118 valence electrons. The van der Waals surface area contributed by atoms with Gasteiger partial charge in [-0.15, -0.1) is 0 Å². The van der Waals surface area contributed by atoms with Crippen molar-refractivity contribution in [3.05, 3.63) is 35.1 Å². The van der Waals surface area contributed by atoms with E-state index in [0.717, 1.165) is 42.7 Å². The van der Waals surface area contributed by atoms with Crippen LogP contribution >= 0.6 is 0 Å². The maximum absolute atomic E-state index is 14.1. The van der Waals surface area contributed by atoms with Gasteiger partial charge in [0.05, 0.1) is 0 Å². The second kappa shape index (κ2) is 7.90. The number of benzene rings is 1. The normalized spacial score (nSPS) is 24.0. The van der Waals surface area contributed by atoms with Crippen LogP contribution in [0.15, 0.2) is 18.2 Å². The van der Waals surface area contributed by atoms with Gasteiger partial charge in [0.25, 0.3) is 0 Å². The molecule has 3 heteroatoms. The first kappa shape index (κ1) is 16.4. The van der Waals surface area contributed by atoms with Crippen molar-refractivity contribution >= 4 is 0 Å². The summed E-state index contributed by atoms with van der Waals surface area (Å²) in [7, 11) is 0. The van der Waals surface area contributed by atoms with Crippen LogP contribution in [0.2, 0.25) is 0 Å². The molecule has 1 atom stereocenters. The fourth-order valence-corrected chi connectivity index (χ4v) is 3.53. The van der Waals surface area contributed by atoms with Crippen molar-refractivity contribution in [1.82, 2.24) is 0 Å². The molecule has 1 aliphatic carbocycles. The van der Waals surface area contributed by atoms with Crippen LogP contribution in [-0.4, -0.2) is 5.26 Å². The van der Waals surface area contributed by atoms with Crippen molar-refractivity contribution in [3.8, 4) is 0 Å². The van der Waals surface area contributed by atoms with Gasteiger partial charge >= 0.3 is 0 Å². The summed E-state index contributed by atoms with van der Waals surface area (Å²) in [6, 6.07) is 5.27. The first-order chi connectivity index (χ1) is 10.2. The van der Waals surface area contributed by atoms with E-state index in [2.05, 4.69) is 6.92 Å². The number of aryl methyl sites for hydroxylation is 1. The Morgan fingerprint density at radius 2 is 1.95 bits per heavy atom. The summed E-state index contributed by atoms with van der Waals surface area (Å²) in [5.41, 5.74) is 1.50. The van der Waals surface area contributed by atoms with Crippen molar-refractivity contribution < 1.29 is 14.5 Å². The summed E-state index contributed by atoms with van der Waals surface area (Å²) in [4.78, 5) is 4.73. The molecule has 0 spiro atoms. The summed E-state index contributed by atoms with van der Waals surface area (Å²) in [6.45, 7) is 4.27. The van der Waals surface area contributed by atoms with Crippen LogP contribution in [0.4, 0.5) is 4.39 Å². The molecule has 1 aromatic carbocycles. The monoisotopic (exact) mass is 294 g/mol. The van der Waals surface area contributed by atoms with Gasteiger partial charge < -0.3 is 0 Å². The molecule has 2 rings (SSSR count). The van der Waals surface area contributed by atoms with Gasteiger partial charge in [-0.2, -0.15) is 0 Å². The maximum Gasteiger partial charge on any atom is 0.126 e. The fraction of sp³-hybridized carbons (Fsp3) is 0.667. The highest BCUT2D eigenvalue weighted by molar-refractivity contribution is 5.26. The van der Waals surface area contributed by atoms with Crippen LogP contribution in [0, 0.1) is 17.7 Å². The number of halogens is 1. The Balaban J connectivity index is 2.09. The molecule has 1 N–H and O–H groups in total. The lowest BCUT2D eigenvalue weighted by Gasteiger charge is -2.32. The highest BCUT2D eigenvalue weighted by atomic mass is 19.1. The predicted molar refractivity (Wildman–Crippen MR) is 82.6 cm³/mol. The molecule has 1 unspecified atom stereocenters. The van der Waals surface area contributed by atoms with E-state index in [1.165, 1.54) is 25.3 Å². The molecule has 1 saturated carbocycles. The molecule has 2 nitrogen and oxygen atoms in total. The van der Waals surface area contributed by atoms with E-state index in [4.69, 9.17) is 4.89 Å². The molecule has 1 fully saturated rings. The SMILES string of the molecule is CCCc1ccc(C(OO)C2CCC(CC)CC2)cc1F. The molecular formula is C18H27FO2. The summed E-state index contributed by atoms with van der Waals surface area (Å²) in [6.07, 6.45) is 6.94.